The Labute approximate surface area is 145 Å². The summed E-state index contributed by atoms with van der Waals surface area (Å²) in [7, 11) is 0. The van der Waals surface area contributed by atoms with Crippen molar-refractivity contribution in [2.24, 2.45) is 0 Å². The van der Waals surface area contributed by atoms with Crippen LogP contribution in [0.3, 0.4) is 0 Å². The molecule has 2 N–H and O–H groups in total. The van der Waals surface area contributed by atoms with Crippen LogP contribution < -0.4 is 10.6 Å². The van der Waals surface area contributed by atoms with Crippen LogP contribution in [0, 0.1) is 10.1 Å². The van der Waals surface area contributed by atoms with E-state index < -0.39 is 11.0 Å². The lowest BCUT2D eigenvalue weighted by Crippen LogP contribution is -2.38. The Morgan fingerprint density at radius 3 is 2.68 bits per heavy atom. The van der Waals surface area contributed by atoms with E-state index in [1.165, 1.54) is 12.1 Å². The summed E-state index contributed by atoms with van der Waals surface area (Å²) in [5, 5.41) is 16.3. The fourth-order valence-electron chi connectivity index (χ4n) is 3.04. The minimum atomic E-state index is -0.522. The monoisotopic (exact) mass is 344 g/mol. The molecule has 0 spiro atoms. The van der Waals surface area contributed by atoms with Gasteiger partial charge in [-0.3, -0.25) is 15.0 Å². The highest BCUT2D eigenvalue weighted by Gasteiger charge is 2.26. The summed E-state index contributed by atoms with van der Waals surface area (Å²) in [4.78, 5) is 24.9. The fraction of sp³-hybridized carbons (Fsp3) is 0.353. The molecule has 1 aliphatic heterocycles. The Morgan fingerprint density at radius 1 is 1.24 bits per heavy atom. The SMILES string of the molecule is O=C(NCC(c1ccco1)N1CCCC1)Nc1ccccc1[N+](=O)[O-]. The third-order valence-corrected chi connectivity index (χ3v) is 4.26. The molecule has 8 nitrogen and oxygen atoms in total. The van der Waals surface area contributed by atoms with Gasteiger partial charge in [-0.2, -0.15) is 0 Å². The number of anilines is 1. The summed E-state index contributed by atoms with van der Waals surface area (Å²) in [6.45, 7) is 2.28. The van der Waals surface area contributed by atoms with Crippen LogP contribution in [-0.2, 0) is 0 Å². The molecule has 0 radical (unpaired) electrons. The molecule has 1 fully saturated rings. The first-order chi connectivity index (χ1) is 12.1. The second-order valence-electron chi connectivity index (χ2n) is 5.88. The van der Waals surface area contributed by atoms with Gasteiger partial charge in [0.2, 0.25) is 0 Å². The van der Waals surface area contributed by atoms with E-state index in [0.717, 1.165) is 31.7 Å². The maximum absolute atomic E-state index is 12.2. The van der Waals surface area contributed by atoms with Crippen LogP contribution in [-0.4, -0.2) is 35.5 Å². The summed E-state index contributed by atoms with van der Waals surface area (Å²) < 4.78 is 5.51. The number of urea groups is 1. The Morgan fingerprint density at radius 2 is 2.00 bits per heavy atom. The molecule has 1 aliphatic rings. The molecule has 1 unspecified atom stereocenters. The molecule has 1 aromatic heterocycles. The fourth-order valence-corrected chi connectivity index (χ4v) is 3.04. The van der Waals surface area contributed by atoms with Crippen LogP contribution in [0.5, 0.6) is 0 Å². The number of para-hydroxylation sites is 2. The topological polar surface area (TPSA) is 101 Å². The maximum Gasteiger partial charge on any atom is 0.319 e. The van der Waals surface area contributed by atoms with Crippen molar-refractivity contribution in [2.45, 2.75) is 18.9 Å². The summed E-state index contributed by atoms with van der Waals surface area (Å²) in [6, 6.07) is 9.24. The number of hydrogen-bond donors (Lipinski definition) is 2. The van der Waals surface area contributed by atoms with Crippen LogP contribution in [0.4, 0.5) is 16.2 Å². The largest absolute Gasteiger partial charge is 0.468 e. The summed E-state index contributed by atoms with van der Waals surface area (Å²) in [5.74, 6) is 0.799. The number of rotatable bonds is 6. The Bertz CT molecular complexity index is 726. The Balaban J connectivity index is 1.63. The molecule has 2 amide bonds. The molecule has 3 rings (SSSR count). The number of likely N-dealkylation sites (tertiary alicyclic amines) is 1. The maximum atomic E-state index is 12.2. The summed E-state index contributed by atoms with van der Waals surface area (Å²) in [5.41, 5.74) is 0.0282. The number of nitrogens with zero attached hydrogens (tertiary/aromatic N) is 2. The first-order valence-electron chi connectivity index (χ1n) is 8.21. The molecule has 8 heteroatoms. The van der Waals surface area contributed by atoms with Gasteiger partial charge < -0.3 is 15.1 Å². The highest BCUT2D eigenvalue weighted by molar-refractivity contribution is 5.91. The van der Waals surface area contributed by atoms with Gasteiger partial charge in [0.1, 0.15) is 11.4 Å². The van der Waals surface area contributed by atoms with Gasteiger partial charge in [-0.25, -0.2) is 4.79 Å². The lowest BCUT2D eigenvalue weighted by molar-refractivity contribution is -0.383. The van der Waals surface area contributed by atoms with Gasteiger partial charge >= 0.3 is 6.03 Å². The second-order valence-corrected chi connectivity index (χ2v) is 5.88. The van der Waals surface area contributed by atoms with Gasteiger partial charge in [0.25, 0.3) is 5.69 Å². The molecular formula is C17H20N4O4. The van der Waals surface area contributed by atoms with Gasteiger partial charge in [0.05, 0.1) is 17.2 Å². The van der Waals surface area contributed by atoms with E-state index >= 15 is 0 Å². The number of nitro groups is 1. The van der Waals surface area contributed by atoms with Crippen LogP contribution in [0.1, 0.15) is 24.6 Å². The van der Waals surface area contributed by atoms with Crippen molar-refractivity contribution in [3.05, 3.63) is 58.5 Å². The van der Waals surface area contributed by atoms with Crippen molar-refractivity contribution in [3.63, 3.8) is 0 Å². The molecule has 1 atom stereocenters. The predicted octanol–water partition coefficient (Wildman–Crippen LogP) is 3.15. The summed E-state index contributed by atoms with van der Waals surface area (Å²) in [6.07, 6.45) is 3.87. The van der Waals surface area contributed by atoms with Gasteiger partial charge in [-0.05, 0) is 44.1 Å². The average Bonchev–Trinajstić information content (AvgIpc) is 3.29. The highest BCUT2D eigenvalue weighted by Crippen LogP contribution is 2.25. The number of nitrogens with one attached hydrogen (secondary N) is 2. The van der Waals surface area contributed by atoms with Crippen molar-refractivity contribution >= 4 is 17.4 Å². The molecular weight excluding hydrogens is 324 g/mol. The van der Waals surface area contributed by atoms with Crippen molar-refractivity contribution in [1.82, 2.24) is 10.2 Å². The number of hydrogen-bond acceptors (Lipinski definition) is 5. The third-order valence-electron chi connectivity index (χ3n) is 4.26. The summed E-state index contributed by atoms with van der Waals surface area (Å²) >= 11 is 0. The first-order valence-corrected chi connectivity index (χ1v) is 8.21. The van der Waals surface area contributed by atoms with E-state index in [1.807, 2.05) is 12.1 Å². The van der Waals surface area contributed by atoms with E-state index in [9.17, 15) is 14.9 Å². The number of carbonyl (C=O) groups is 1. The zero-order chi connectivity index (χ0) is 17.6. The van der Waals surface area contributed by atoms with Crippen LogP contribution in [0.25, 0.3) is 0 Å². The van der Waals surface area contributed by atoms with Crippen LogP contribution in [0.15, 0.2) is 47.1 Å². The first kappa shape index (κ1) is 17.0. The lowest BCUT2D eigenvalue weighted by atomic mass is 10.2. The molecule has 2 heterocycles. The quantitative estimate of drug-likeness (QED) is 0.619. The molecule has 132 valence electrons. The van der Waals surface area contributed by atoms with Gasteiger partial charge in [-0.1, -0.05) is 12.1 Å². The van der Waals surface area contributed by atoms with E-state index in [4.69, 9.17) is 4.42 Å². The van der Waals surface area contributed by atoms with Gasteiger partial charge in [0.15, 0.2) is 0 Å². The molecule has 1 aromatic carbocycles. The third kappa shape index (κ3) is 4.16. The van der Waals surface area contributed by atoms with Gasteiger partial charge in [-0.15, -0.1) is 0 Å². The molecule has 0 saturated carbocycles. The molecule has 0 aliphatic carbocycles. The smallest absolute Gasteiger partial charge is 0.319 e. The Hall–Kier alpha value is -2.87. The number of nitro benzene ring substituents is 1. The zero-order valence-electron chi connectivity index (χ0n) is 13.7. The molecule has 1 saturated heterocycles. The zero-order valence-corrected chi connectivity index (χ0v) is 13.7. The van der Waals surface area contributed by atoms with E-state index in [1.54, 1.807) is 18.4 Å². The average molecular weight is 344 g/mol. The van der Waals surface area contributed by atoms with Crippen molar-refractivity contribution in [2.75, 3.05) is 25.0 Å². The standard InChI is InChI=1S/C17H20N4O4/c22-17(19-13-6-1-2-7-14(13)21(23)24)18-12-15(16-8-5-11-25-16)20-9-3-4-10-20/h1-2,5-8,11,15H,3-4,9-10,12H2,(H2,18,19,22). The van der Waals surface area contributed by atoms with Crippen LogP contribution in [0.2, 0.25) is 0 Å². The van der Waals surface area contributed by atoms with E-state index in [2.05, 4.69) is 15.5 Å². The second kappa shape index (κ2) is 7.80. The number of furan rings is 1. The number of benzene rings is 1. The van der Waals surface area contributed by atoms with Gasteiger partial charge in [0, 0.05) is 12.6 Å². The molecule has 25 heavy (non-hydrogen) atoms. The lowest BCUT2D eigenvalue weighted by Gasteiger charge is -2.26. The molecule has 2 aromatic rings. The van der Waals surface area contributed by atoms with Crippen molar-refractivity contribution in [1.29, 1.82) is 0 Å². The minimum Gasteiger partial charge on any atom is -0.468 e. The predicted molar refractivity (Wildman–Crippen MR) is 92.4 cm³/mol. The van der Waals surface area contributed by atoms with Crippen molar-refractivity contribution < 1.29 is 14.1 Å². The van der Waals surface area contributed by atoms with E-state index in [-0.39, 0.29) is 17.4 Å². The highest BCUT2D eigenvalue weighted by atomic mass is 16.6. The minimum absolute atomic E-state index is 0.0472. The normalized spacial score (nSPS) is 15.7. The number of carbonyl (C=O) groups excluding carboxylic acids is 1. The number of amides is 2. The Kier molecular flexibility index (Phi) is 5.30. The molecule has 0 bridgehead atoms. The van der Waals surface area contributed by atoms with Crippen molar-refractivity contribution in [3.8, 4) is 0 Å². The van der Waals surface area contributed by atoms with E-state index in [0.29, 0.717) is 6.54 Å². The van der Waals surface area contributed by atoms with Crippen LogP contribution >= 0.6 is 0 Å².